The topological polar surface area (TPSA) is 75.1 Å². The van der Waals surface area contributed by atoms with Crippen molar-refractivity contribution in [3.8, 4) is 0 Å². The lowest BCUT2D eigenvalue weighted by Crippen LogP contribution is -2.29. The molecule has 5 nitrogen and oxygen atoms in total. The Morgan fingerprint density at radius 1 is 1.47 bits per heavy atom. The summed E-state index contributed by atoms with van der Waals surface area (Å²) >= 11 is 1.39. The molecule has 0 saturated heterocycles. The van der Waals surface area contributed by atoms with E-state index in [1.54, 1.807) is 0 Å². The van der Waals surface area contributed by atoms with Gasteiger partial charge in [-0.05, 0) is 25.7 Å². The standard InChI is InChI=1S/C11H17N3O2S/c1-2-9-13-11(17-14-9)12-8-5-3-7(4-6-8)10(15)16/h7-8H,2-6H2,1H3,(H,15,16)(H,12,13,14). The first kappa shape index (κ1) is 12.3. The number of nitrogens with one attached hydrogen (secondary N) is 1. The van der Waals surface area contributed by atoms with Crippen LogP contribution in [0.15, 0.2) is 0 Å². The van der Waals surface area contributed by atoms with Gasteiger partial charge in [0.15, 0.2) is 0 Å². The van der Waals surface area contributed by atoms with Crippen LogP contribution in [0.4, 0.5) is 5.13 Å². The smallest absolute Gasteiger partial charge is 0.306 e. The predicted octanol–water partition coefficient (Wildman–Crippen LogP) is 2.16. The number of nitrogens with zero attached hydrogens (tertiary/aromatic N) is 2. The molecule has 0 aromatic carbocycles. The Bertz CT molecular complexity index is 386. The summed E-state index contributed by atoms with van der Waals surface area (Å²) in [6, 6.07) is 0.350. The van der Waals surface area contributed by atoms with E-state index in [9.17, 15) is 4.79 Å². The SMILES string of the molecule is CCc1nsc(NC2CCC(C(=O)O)CC2)n1. The van der Waals surface area contributed by atoms with Gasteiger partial charge in [-0.2, -0.15) is 4.37 Å². The first-order valence-corrected chi connectivity index (χ1v) is 6.78. The zero-order chi connectivity index (χ0) is 12.3. The molecular weight excluding hydrogens is 238 g/mol. The van der Waals surface area contributed by atoms with Crippen molar-refractivity contribution < 1.29 is 9.90 Å². The fraction of sp³-hybridized carbons (Fsp3) is 0.727. The van der Waals surface area contributed by atoms with E-state index in [1.807, 2.05) is 6.92 Å². The molecule has 1 aliphatic rings. The Morgan fingerprint density at radius 3 is 2.71 bits per heavy atom. The molecule has 0 atom stereocenters. The van der Waals surface area contributed by atoms with Gasteiger partial charge in [-0.25, -0.2) is 4.98 Å². The highest BCUT2D eigenvalue weighted by Crippen LogP contribution is 2.27. The van der Waals surface area contributed by atoms with Gasteiger partial charge in [-0.3, -0.25) is 4.79 Å². The lowest BCUT2D eigenvalue weighted by molar-refractivity contribution is -0.142. The van der Waals surface area contributed by atoms with Crippen molar-refractivity contribution in [2.75, 3.05) is 5.32 Å². The fourth-order valence-electron chi connectivity index (χ4n) is 2.12. The molecule has 2 rings (SSSR count). The molecule has 2 N–H and O–H groups in total. The van der Waals surface area contributed by atoms with E-state index in [-0.39, 0.29) is 5.92 Å². The molecule has 0 aliphatic heterocycles. The highest BCUT2D eigenvalue weighted by atomic mass is 32.1. The second-order valence-corrected chi connectivity index (χ2v) is 5.15. The minimum Gasteiger partial charge on any atom is -0.481 e. The fourth-order valence-corrected chi connectivity index (χ4v) is 2.84. The lowest BCUT2D eigenvalue weighted by Gasteiger charge is -2.26. The summed E-state index contributed by atoms with van der Waals surface area (Å²) < 4.78 is 4.22. The Balaban J connectivity index is 1.83. The number of aryl methyl sites for hydroxylation is 1. The molecule has 0 spiro atoms. The maximum absolute atomic E-state index is 10.8. The van der Waals surface area contributed by atoms with Crippen LogP contribution in [-0.2, 0) is 11.2 Å². The molecule has 0 amide bonds. The number of carbonyl (C=O) groups is 1. The predicted molar refractivity (Wildman–Crippen MR) is 66.3 cm³/mol. The summed E-state index contributed by atoms with van der Waals surface area (Å²) in [4.78, 5) is 15.2. The van der Waals surface area contributed by atoms with E-state index in [1.165, 1.54) is 11.5 Å². The quantitative estimate of drug-likeness (QED) is 0.862. The molecule has 1 aromatic heterocycles. The van der Waals surface area contributed by atoms with Crippen LogP contribution < -0.4 is 5.32 Å². The molecule has 0 radical (unpaired) electrons. The molecule has 1 saturated carbocycles. The molecule has 6 heteroatoms. The second-order valence-electron chi connectivity index (χ2n) is 4.40. The number of carboxylic acid groups (broad SMARTS) is 1. The van der Waals surface area contributed by atoms with Gasteiger partial charge in [0.25, 0.3) is 0 Å². The maximum Gasteiger partial charge on any atom is 0.306 e. The van der Waals surface area contributed by atoms with Gasteiger partial charge in [-0.1, -0.05) is 6.92 Å². The largest absolute Gasteiger partial charge is 0.481 e. The van der Waals surface area contributed by atoms with E-state index < -0.39 is 5.97 Å². The first-order valence-electron chi connectivity index (χ1n) is 6.01. The number of aromatic nitrogens is 2. The Labute approximate surface area is 104 Å². The van der Waals surface area contributed by atoms with Gasteiger partial charge >= 0.3 is 5.97 Å². The molecule has 17 heavy (non-hydrogen) atoms. The average Bonchev–Trinajstić information content (AvgIpc) is 2.77. The molecule has 1 aromatic rings. The number of rotatable bonds is 4. The Morgan fingerprint density at radius 2 is 2.18 bits per heavy atom. The zero-order valence-electron chi connectivity index (χ0n) is 9.85. The molecule has 1 fully saturated rings. The Hall–Kier alpha value is -1.17. The summed E-state index contributed by atoms with van der Waals surface area (Å²) in [5, 5.41) is 13.1. The van der Waals surface area contributed by atoms with Crippen LogP contribution in [0.5, 0.6) is 0 Å². The van der Waals surface area contributed by atoms with Crippen molar-refractivity contribution in [2.24, 2.45) is 5.92 Å². The highest BCUT2D eigenvalue weighted by molar-refractivity contribution is 7.09. The van der Waals surface area contributed by atoms with Gasteiger partial charge in [0.2, 0.25) is 5.13 Å². The van der Waals surface area contributed by atoms with Crippen molar-refractivity contribution in [2.45, 2.75) is 45.1 Å². The van der Waals surface area contributed by atoms with Crippen molar-refractivity contribution in [1.29, 1.82) is 0 Å². The monoisotopic (exact) mass is 255 g/mol. The number of aliphatic carboxylic acids is 1. The molecule has 1 heterocycles. The van der Waals surface area contributed by atoms with Crippen LogP contribution in [0.25, 0.3) is 0 Å². The summed E-state index contributed by atoms with van der Waals surface area (Å²) in [7, 11) is 0. The summed E-state index contributed by atoms with van der Waals surface area (Å²) in [6.45, 7) is 2.03. The minimum absolute atomic E-state index is 0.159. The van der Waals surface area contributed by atoms with Crippen LogP contribution in [0.1, 0.15) is 38.4 Å². The second kappa shape index (κ2) is 5.44. The van der Waals surface area contributed by atoms with E-state index in [0.717, 1.165) is 43.1 Å². The van der Waals surface area contributed by atoms with Crippen LogP contribution in [0, 0.1) is 5.92 Å². The van der Waals surface area contributed by atoms with Crippen LogP contribution in [-0.4, -0.2) is 26.5 Å². The Kier molecular flexibility index (Phi) is 3.93. The number of hydrogen-bond acceptors (Lipinski definition) is 5. The van der Waals surface area contributed by atoms with Crippen molar-refractivity contribution in [3.63, 3.8) is 0 Å². The van der Waals surface area contributed by atoms with E-state index in [4.69, 9.17) is 5.11 Å². The molecule has 94 valence electrons. The van der Waals surface area contributed by atoms with E-state index in [2.05, 4.69) is 14.7 Å². The first-order chi connectivity index (χ1) is 8.19. The van der Waals surface area contributed by atoms with Crippen LogP contribution in [0.3, 0.4) is 0 Å². The molecule has 0 bridgehead atoms. The number of hydrogen-bond donors (Lipinski definition) is 2. The molecular formula is C11H17N3O2S. The third-order valence-corrected chi connectivity index (χ3v) is 3.87. The van der Waals surface area contributed by atoms with Gasteiger partial charge in [-0.15, -0.1) is 0 Å². The third-order valence-electron chi connectivity index (χ3n) is 3.19. The summed E-state index contributed by atoms with van der Waals surface area (Å²) in [6.07, 6.45) is 4.17. The van der Waals surface area contributed by atoms with Gasteiger partial charge in [0.1, 0.15) is 5.82 Å². The molecule has 0 unspecified atom stereocenters. The normalized spacial score (nSPS) is 24.5. The zero-order valence-corrected chi connectivity index (χ0v) is 10.7. The number of carboxylic acids is 1. The average molecular weight is 255 g/mol. The van der Waals surface area contributed by atoms with Gasteiger partial charge < -0.3 is 10.4 Å². The molecule has 1 aliphatic carbocycles. The minimum atomic E-state index is -0.660. The lowest BCUT2D eigenvalue weighted by atomic mass is 9.86. The van der Waals surface area contributed by atoms with Crippen LogP contribution >= 0.6 is 11.5 Å². The highest BCUT2D eigenvalue weighted by Gasteiger charge is 2.26. The summed E-state index contributed by atoms with van der Waals surface area (Å²) in [5.74, 6) is 0.0537. The van der Waals surface area contributed by atoms with Gasteiger partial charge in [0.05, 0.1) is 5.92 Å². The third kappa shape index (κ3) is 3.15. The van der Waals surface area contributed by atoms with Crippen molar-refractivity contribution >= 4 is 22.6 Å². The van der Waals surface area contributed by atoms with Crippen LogP contribution in [0.2, 0.25) is 0 Å². The summed E-state index contributed by atoms with van der Waals surface area (Å²) in [5.41, 5.74) is 0. The maximum atomic E-state index is 10.8. The van der Waals surface area contributed by atoms with E-state index in [0.29, 0.717) is 6.04 Å². The number of anilines is 1. The van der Waals surface area contributed by atoms with Crippen molar-refractivity contribution in [3.05, 3.63) is 5.82 Å². The van der Waals surface area contributed by atoms with E-state index >= 15 is 0 Å². The van der Waals surface area contributed by atoms with Gasteiger partial charge in [0, 0.05) is 24.0 Å². The van der Waals surface area contributed by atoms with Crippen molar-refractivity contribution in [1.82, 2.24) is 9.36 Å².